The number of fused-ring (bicyclic) bond motifs is 4. The normalized spacial score (nSPS) is 27.6. The Bertz CT molecular complexity index is 1690. The molecule has 3 aliphatic rings. The Morgan fingerprint density at radius 1 is 1.00 bits per heavy atom. The first kappa shape index (κ1) is 25.5. The molecule has 0 radical (unpaired) electrons. The Kier molecular flexibility index (Phi) is 5.64. The number of aromatic hydroxyl groups is 1. The molecule has 0 bridgehead atoms. The van der Waals surface area contributed by atoms with E-state index in [-0.39, 0.29) is 36.6 Å². The maximum absolute atomic E-state index is 13.8. The van der Waals surface area contributed by atoms with Gasteiger partial charge in [0, 0.05) is 24.9 Å². The number of ether oxygens (including phenoxy) is 1. The second-order valence-electron chi connectivity index (χ2n) is 9.83. The number of carbonyl (C=O) groups excluding carboxylic acids is 2. The number of hydrogen-bond donors (Lipinski definition) is 1. The number of alkyl halides is 2. The minimum atomic E-state index is -2.01. The van der Waals surface area contributed by atoms with Gasteiger partial charge in [0.25, 0.3) is 11.8 Å². The van der Waals surface area contributed by atoms with Crippen LogP contribution in [0, 0.1) is 0 Å². The molecule has 0 unspecified atom stereocenters. The molecule has 1 aliphatic carbocycles. The maximum atomic E-state index is 13.8. The molecule has 4 atom stereocenters. The molecule has 2 fully saturated rings. The smallest absolute Gasteiger partial charge is 0.352 e. The van der Waals surface area contributed by atoms with Gasteiger partial charge in [-0.15, -0.1) is 23.2 Å². The summed E-state index contributed by atoms with van der Waals surface area (Å²) in [6, 6.07) is 12.4. The highest BCUT2D eigenvalue weighted by molar-refractivity contribution is 6.53. The summed E-state index contributed by atoms with van der Waals surface area (Å²) >= 11 is 14.2. The summed E-state index contributed by atoms with van der Waals surface area (Å²) in [5.41, 5.74) is -0.0810. The van der Waals surface area contributed by atoms with Gasteiger partial charge in [0.15, 0.2) is 21.2 Å². The zero-order valence-corrected chi connectivity index (χ0v) is 22.5. The molecule has 2 aliphatic heterocycles. The predicted octanol–water partition coefficient (Wildman–Crippen LogP) is 2.53. The SMILES string of the molecule is CCOc1cccc([C@H]2C3=CCn4c(=O)n(-c5ccccc5)c(=O)n4[C@@H]3C[C@@]3(Cl)C(=O)N(C)C(=O)[C@@]23Cl)c1O. The van der Waals surface area contributed by atoms with Crippen LogP contribution in [-0.4, -0.2) is 59.2 Å². The number of nitrogens with zero attached hydrogens (tertiary/aromatic N) is 4. The van der Waals surface area contributed by atoms with Crippen LogP contribution in [0.5, 0.6) is 11.5 Å². The van der Waals surface area contributed by atoms with Crippen LogP contribution < -0.4 is 16.1 Å². The van der Waals surface area contributed by atoms with Gasteiger partial charge in [0.05, 0.1) is 24.9 Å². The number of rotatable bonds is 4. The number of hydrogen-bond acceptors (Lipinski definition) is 6. The third-order valence-electron chi connectivity index (χ3n) is 7.94. The summed E-state index contributed by atoms with van der Waals surface area (Å²) in [5, 5.41) is 11.3. The number of allylic oxidation sites excluding steroid dienone is 2. The fourth-order valence-corrected chi connectivity index (χ4v) is 7.19. The predicted molar refractivity (Wildman–Crippen MR) is 143 cm³/mol. The summed E-state index contributed by atoms with van der Waals surface area (Å²) in [4.78, 5) is 51.2. The van der Waals surface area contributed by atoms with Crippen molar-refractivity contribution in [2.24, 2.45) is 0 Å². The molecule has 1 saturated heterocycles. The van der Waals surface area contributed by atoms with E-state index < -0.39 is 44.9 Å². The van der Waals surface area contributed by atoms with Crippen molar-refractivity contribution in [1.82, 2.24) is 18.8 Å². The molecule has 1 aromatic heterocycles. The molecule has 3 heterocycles. The highest BCUT2D eigenvalue weighted by Crippen LogP contribution is 2.64. The van der Waals surface area contributed by atoms with Crippen molar-refractivity contribution in [2.45, 2.75) is 41.6 Å². The number of benzene rings is 2. The van der Waals surface area contributed by atoms with E-state index in [1.165, 1.54) is 16.4 Å². The molecule has 1 saturated carbocycles. The van der Waals surface area contributed by atoms with E-state index in [0.29, 0.717) is 11.3 Å². The largest absolute Gasteiger partial charge is 0.504 e. The first-order chi connectivity index (χ1) is 18.6. The highest BCUT2D eigenvalue weighted by atomic mass is 35.5. The second kappa shape index (κ2) is 8.62. The van der Waals surface area contributed by atoms with Crippen LogP contribution >= 0.6 is 23.2 Å². The van der Waals surface area contributed by atoms with E-state index in [1.54, 1.807) is 61.5 Å². The summed E-state index contributed by atoms with van der Waals surface area (Å²) in [5.74, 6) is -2.64. The fourth-order valence-electron chi connectivity index (χ4n) is 6.19. The number of halogens is 2. The van der Waals surface area contributed by atoms with Crippen LogP contribution in [0.1, 0.15) is 30.9 Å². The Hall–Kier alpha value is -3.76. The quantitative estimate of drug-likeness (QED) is 0.293. The van der Waals surface area contributed by atoms with Gasteiger partial charge in [-0.1, -0.05) is 36.4 Å². The van der Waals surface area contributed by atoms with Crippen molar-refractivity contribution in [3.8, 4) is 17.2 Å². The van der Waals surface area contributed by atoms with E-state index in [1.807, 2.05) is 0 Å². The molecule has 10 nitrogen and oxygen atoms in total. The van der Waals surface area contributed by atoms with Crippen molar-refractivity contribution in [3.05, 3.63) is 86.7 Å². The van der Waals surface area contributed by atoms with Crippen molar-refractivity contribution < 1.29 is 19.4 Å². The third kappa shape index (κ3) is 3.15. The molecule has 39 heavy (non-hydrogen) atoms. The van der Waals surface area contributed by atoms with Gasteiger partial charge in [0.1, 0.15) is 0 Å². The molecule has 6 rings (SSSR count). The first-order valence-electron chi connectivity index (χ1n) is 12.4. The van der Waals surface area contributed by atoms with Gasteiger partial charge >= 0.3 is 11.4 Å². The van der Waals surface area contributed by atoms with Crippen LogP contribution in [0.4, 0.5) is 0 Å². The molecule has 1 N–H and O–H groups in total. The van der Waals surface area contributed by atoms with Crippen molar-refractivity contribution >= 4 is 35.0 Å². The summed E-state index contributed by atoms with van der Waals surface area (Å²) in [6.07, 6.45) is 1.49. The number of likely N-dealkylation sites (tertiary alicyclic amines) is 1. The van der Waals surface area contributed by atoms with E-state index in [0.717, 1.165) is 9.47 Å². The van der Waals surface area contributed by atoms with Gasteiger partial charge in [0.2, 0.25) is 0 Å². The minimum absolute atomic E-state index is 0.00236. The van der Waals surface area contributed by atoms with Gasteiger partial charge in [-0.25, -0.2) is 23.5 Å². The zero-order valence-electron chi connectivity index (χ0n) is 21.0. The Morgan fingerprint density at radius 2 is 1.72 bits per heavy atom. The lowest BCUT2D eigenvalue weighted by Gasteiger charge is -2.49. The van der Waals surface area contributed by atoms with Crippen LogP contribution in [0.3, 0.4) is 0 Å². The molecular weight excluding hydrogens is 547 g/mol. The summed E-state index contributed by atoms with van der Waals surface area (Å²) in [6.45, 7) is 2.03. The van der Waals surface area contributed by atoms with E-state index in [2.05, 4.69) is 0 Å². The molecule has 2 aromatic carbocycles. The van der Waals surface area contributed by atoms with Crippen molar-refractivity contribution in [1.29, 1.82) is 0 Å². The zero-order chi connectivity index (χ0) is 27.9. The second-order valence-corrected chi connectivity index (χ2v) is 11.1. The van der Waals surface area contributed by atoms with Crippen molar-refractivity contribution in [3.63, 3.8) is 0 Å². The standard InChI is InChI=1S/C27H24Cl2N4O6/c1-3-39-19-11-7-10-17(21(19)34)20-16-12-13-31-24(37)32(15-8-5-4-6-9-15)25(38)33(31)18(16)14-26(28)22(35)30(2)23(36)27(20,26)29/h4-12,18,20,34H,3,13-14H2,1-2H3/t18-,20-,26-,27+/m1/s1. The topological polar surface area (TPSA) is 116 Å². The summed E-state index contributed by atoms with van der Waals surface area (Å²) in [7, 11) is 1.30. The van der Waals surface area contributed by atoms with E-state index >= 15 is 0 Å². The Morgan fingerprint density at radius 3 is 2.41 bits per heavy atom. The fraction of sp³-hybridized carbons (Fsp3) is 0.333. The number of imide groups is 1. The monoisotopic (exact) mass is 570 g/mol. The van der Waals surface area contributed by atoms with Crippen molar-refractivity contribution in [2.75, 3.05) is 13.7 Å². The number of amides is 2. The van der Waals surface area contributed by atoms with Crippen LogP contribution in [0.2, 0.25) is 0 Å². The molecule has 0 spiro atoms. The molecule has 2 amide bonds. The minimum Gasteiger partial charge on any atom is -0.504 e. The molecule has 202 valence electrons. The van der Waals surface area contributed by atoms with Crippen LogP contribution in [0.25, 0.3) is 5.69 Å². The Labute approximate surface area is 232 Å². The van der Waals surface area contributed by atoms with Gasteiger partial charge in [-0.2, -0.15) is 0 Å². The van der Waals surface area contributed by atoms with E-state index in [9.17, 15) is 24.3 Å². The average molecular weight is 571 g/mol. The van der Waals surface area contributed by atoms with Gasteiger partial charge in [-0.3, -0.25) is 14.5 Å². The number of phenolic OH excluding ortho intramolecular Hbond substituents is 1. The van der Waals surface area contributed by atoms with E-state index in [4.69, 9.17) is 27.9 Å². The van der Waals surface area contributed by atoms with Gasteiger partial charge in [-0.05, 0) is 30.7 Å². The number of para-hydroxylation sites is 2. The third-order valence-corrected chi connectivity index (χ3v) is 9.35. The lowest BCUT2D eigenvalue weighted by atomic mass is 9.64. The Balaban J connectivity index is 1.62. The molecule has 3 aromatic rings. The lowest BCUT2D eigenvalue weighted by molar-refractivity contribution is -0.137. The first-order valence-corrected chi connectivity index (χ1v) is 13.2. The number of phenols is 1. The lowest BCUT2D eigenvalue weighted by Crippen LogP contribution is -2.59. The molecular formula is C27H24Cl2N4O6. The molecule has 12 heteroatoms. The maximum Gasteiger partial charge on any atom is 0.352 e. The number of aromatic nitrogens is 3. The summed E-state index contributed by atoms with van der Waals surface area (Å²) < 4.78 is 9.18. The van der Waals surface area contributed by atoms with Crippen LogP contribution in [-0.2, 0) is 16.1 Å². The van der Waals surface area contributed by atoms with Crippen LogP contribution in [0.15, 0.2) is 69.8 Å². The van der Waals surface area contributed by atoms with Gasteiger partial charge < -0.3 is 9.84 Å². The number of carbonyl (C=O) groups is 2. The average Bonchev–Trinajstić information content (AvgIpc) is 3.26. The highest BCUT2D eigenvalue weighted by Gasteiger charge is 2.75.